The maximum atomic E-state index is 11.7. The molecule has 1 amide bonds. The molecule has 96 valence electrons. The number of hydrogen-bond acceptors (Lipinski definition) is 3. The van der Waals surface area contributed by atoms with Gasteiger partial charge in [0.1, 0.15) is 5.69 Å². The van der Waals surface area contributed by atoms with Gasteiger partial charge in [0.25, 0.3) is 5.91 Å². The van der Waals surface area contributed by atoms with E-state index < -0.39 is 0 Å². The van der Waals surface area contributed by atoms with Crippen LogP contribution in [0.2, 0.25) is 0 Å². The van der Waals surface area contributed by atoms with E-state index in [1.54, 1.807) is 48.4 Å². The van der Waals surface area contributed by atoms with Crippen LogP contribution in [0.15, 0.2) is 28.2 Å². The molecule has 0 fully saturated rings. The topological polar surface area (TPSA) is 61.2 Å². The quantitative estimate of drug-likeness (QED) is 0.589. The Morgan fingerprint density at radius 1 is 1.17 bits per heavy atom. The molecule has 6 nitrogen and oxygen atoms in total. The lowest BCUT2D eigenvalue weighted by Crippen LogP contribution is -2.10. The number of carbonyl (C=O) groups excluding carboxylic acids is 1. The average Bonchev–Trinajstić information content (AvgIpc) is 2.33. The summed E-state index contributed by atoms with van der Waals surface area (Å²) in [7, 11) is 7.31. The molecule has 1 aromatic rings. The number of aromatic nitrogens is 1. The van der Waals surface area contributed by atoms with E-state index in [2.05, 4.69) is 15.0 Å². The fourth-order valence-corrected chi connectivity index (χ4v) is 1.02. The van der Waals surface area contributed by atoms with Crippen LogP contribution in [0.1, 0.15) is 10.5 Å². The van der Waals surface area contributed by atoms with Crippen LogP contribution in [0.3, 0.4) is 0 Å². The molecule has 0 unspecified atom stereocenters. The molecule has 1 aromatic heterocycles. The van der Waals surface area contributed by atoms with Gasteiger partial charge in [-0.25, -0.2) is 9.98 Å². The van der Waals surface area contributed by atoms with Gasteiger partial charge >= 0.3 is 0 Å². The summed E-state index contributed by atoms with van der Waals surface area (Å²) in [6.45, 7) is 0. The van der Waals surface area contributed by atoms with Crippen LogP contribution in [-0.2, 0) is 0 Å². The van der Waals surface area contributed by atoms with E-state index in [1.165, 1.54) is 6.34 Å². The highest BCUT2D eigenvalue weighted by molar-refractivity contribution is 5.97. The van der Waals surface area contributed by atoms with Gasteiger partial charge < -0.3 is 9.80 Å². The molecule has 0 saturated carbocycles. The zero-order chi connectivity index (χ0) is 13.5. The summed E-state index contributed by atoms with van der Waals surface area (Å²) in [5, 5.41) is 0. The molecule has 6 heteroatoms. The van der Waals surface area contributed by atoms with Gasteiger partial charge in [-0.15, -0.1) is 0 Å². The van der Waals surface area contributed by atoms with Gasteiger partial charge in [0.15, 0.2) is 5.82 Å². The summed E-state index contributed by atoms with van der Waals surface area (Å²) in [6, 6.07) is 5.07. The van der Waals surface area contributed by atoms with Crippen LogP contribution in [0.25, 0.3) is 0 Å². The van der Waals surface area contributed by atoms with Crippen molar-refractivity contribution >= 4 is 24.4 Å². The highest BCUT2D eigenvalue weighted by atomic mass is 16.1. The average molecular weight is 247 g/mol. The van der Waals surface area contributed by atoms with E-state index in [-0.39, 0.29) is 11.6 Å². The number of pyridine rings is 1. The first kappa shape index (κ1) is 13.8. The summed E-state index contributed by atoms with van der Waals surface area (Å²) in [6.07, 6.45) is 3.07. The molecule has 0 spiro atoms. The highest BCUT2D eigenvalue weighted by Gasteiger charge is 2.05. The third-order valence-electron chi connectivity index (χ3n) is 1.78. The molecular formula is C12H17N5O. The summed E-state index contributed by atoms with van der Waals surface area (Å²) < 4.78 is 0. The maximum Gasteiger partial charge on any atom is 0.297 e. The largest absolute Gasteiger partial charge is 0.369 e. The number of rotatable bonds is 4. The molecule has 0 aromatic carbocycles. The molecule has 0 aliphatic carbocycles. The molecule has 0 N–H and O–H groups in total. The van der Waals surface area contributed by atoms with Gasteiger partial charge in [-0.05, 0) is 12.1 Å². The van der Waals surface area contributed by atoms with E-state index in [0.717, 1.165) is 0 Å². The molecule has 0 radical (unpaired) electrons. The lowest BCUT2D eigenvalue weighted by molar-refractivity contribution is 0.0997. The molecule has 0 aliphatic rings. The van der Waals surface area contributed by atoms with E-state index in [1.807, 2.05) is 14.1 Å². The van der Waals surface area contributed by atoms with Gasteiger partial charge in [-0.1, -0.05) is 6.07 Å². The minimum atomic E-state index is -0.384. The van der Waals surface area contributed by atoms with Crippen molar-refractivity contribution in [2.75, 3.05) is 28.2 Å². The Balaban J connectivity index is 2.85. The molecular weight excluding hydrogens is 230 g/mol. The standard InChI is InChI=1S/C12H17N5O/c1-16(2)8-13-11-7-5-6-10(15-11)12(18)14-9-17(3)4/h5-9H,1-4H3/b13-8+,14-9?. The Morgan fingerprint density at radius 3 is 2.44 bits per heavy atom. The summed E-state index contributed by atoms with van der Waals surface area (Å²) >= 11 is 0. The predicted octanol–water partition coefficient (Wildman–Crippen LogP) is 1.03. The molecule has 1 rings (SSSR count). The Bertz CT molecular complexity index is 465. The fraction of sp³-hybridized carbons (Fsp3) is 0.333. The second kappa shape index (κ2) is 6.48. The first-order chi connectivity index (χ1) is 8.49. The summed E-state index contributed by atoms with van der Waals surface area (Å²) in [5.41, 5.74) is 0.279. The van der Waals surface area contributed by atoms with E-state index in [0.29, 0.717) is 5.82 Å². The summed E-state index contributed by atoms with van der Waals surface area (Å²) in [4.78, 5) is 27.2. The first-order valence-electron chi connectivity index (χ1n) is 5.41. The number of nitrogens with zero attached hydrogens (tertiary/aromatic N) is 5. The minimum absolute atomic E-state index is 0.279. The van der Waals surface area contributed by atoms with Gasteiger partial charge in [0, 0.05) is 28.2 Å². The Hall–Kier alpha value is -2.24. The highest BCUT2D eigenvalue weighted by Crippen LogP contribution is 2.08. The lowest BCUT2D eigenvalue weighted by Gasteiger charge is -2.03. The Morgan fingerprint density at radius 2 is 1.83 bits per heavy atom. The van der Waals surface area contributed by atoms with E-state index in [4.69, 9.17) is 0 Å². The maximum absolute atomic E-state index is 11.7. The van der Waals surface area contributed by atoms with Crippen molar-refractivity contribution in [1.29, 1.82) is 0 Å². The van der Waals surface area contributed by atoms with Crippen LogP contribution in [-0.4, -0.2) is 61.6 Å². The molecule has 0 aliphatic heterocycles. The second-order valence-electron chi connectivity index (χ2n) is 4.10. The third-order valence-corrected chi connectivity index (χ3v) is 1.78. The number of hydrogen-bond donors (Lipinski definition) is 0. The van der Waals surface area contributed by atoms with Crippen molar-refractivity contribution in [3.05, 3.63) is 23.9 Å². The molecule has 0 atom stereocenters. The van der Waals surface area contributed by atoms with Crippen LogP contribution < -0.4 is 0 Å². The van der Waals surface area contributed by atoms with Gasteiger partial charge in [-0.2, -0.15) is 4.99 Å². The van der Waals surface area contributed by atoms with Crippen LogP contribution >= 0.6 is 0 Å². The molecule has 0 bridgehead atoms. The van der Waals surface area contributed by atoms with E-state index >= 15 is 0 Å². The number of amides is 1. The Labute approximate surface area is 107 Å². The monoisotopic (exact) mass is 247 g/mol. The van der Waals surface area contributed by atoms with Crippen LogP contribution in [0.4, 0.5) is 5.82 Å². The van der Waals surface area contributed by atoms with Crippen molar-refractivity contribution in [2.24, 2.45) is 9.98 Å². The first-order valence-corrected chi connectivity index (χ1v) is 5.41. The third kappa shape index (κ3) is 4.73. The molecule has 1 heterocycles. The van der Waals surface area contributed by atoms with Gasteiger partial charge in [0.2, 0.25) is 0 Å². The van der Waals surface area contributed by atoms with Crippen molar-refractivity contribution < 1.29 is 4.79 Å². The van der Waals surface area contributed by atoms with Crippen LogP contribution in [0.5, 0.6) is 0 Å². The Kier molecular flexibility index (Phi) is 4.98. The number of aliphatic imine (C=N–C) groups is 2. The fourth-order valence-electron chi connectivity index (χ4n) is 1.02. The normalized spacial score (nSPS) is 11.1. The van der Waals surface area contributed by atoms with Crippen molar-refractivity contribution in [3.8, 4) is 0 Å². The minimum Gasteiger partial charge on any atom is -0.369 e. The summed E-state index contributed by atoms with van der Waals surface area (Å²) in [5.74, 6) is 0.0974. The second-order valence-corrected chi connectivity index (χ2v) is 4.10. The number of carbonyl (C=O) groups is 1. The lowest BCUT2D eigenvalue weighted by atomic mass is 10.3. The molecule has 18 heavy (non-hydrogen) atoms. The van der Waals surface area contributed by atoms with Crippen molar-refractivity contribution in [3.63, 3.8) is 0 Å². The predicted molar refractivity (Wildman–Crippen MR) is 72.6 cm³/mol. The van der Waals surface area contributed by atoms with Crippen LogP contribution in [0, 0.1) is 0 Å². The smallest absolute Gasteiger partial charge is 0.297 e. The SMILES string of the molecule is CN(C)C=NC(=O)c1cccc(/N=C/N(C)C)n1. The van der Waals surface area contributed by atoms with E-state index in [9.17, 15) is 4.79 Å². The van der Waals surface area contributed by atoms with Crippen molar-refractivity contribution in [2.45, 2.75) is 0 Å². The zero-order valence-electron chi connectivity index (χ0n) is 11.0. The zero-order valence-corrected chi connectivity index (χ0v) is 11.0. The van der Waals surface area contributed by atoms with Gasteiger partial charge in [-0.3, -0.25) is 4.79 Å². The van der Waals surface area contributed by atoms with Gasteiger partial charge in [0.05, 0.1) is 12.7 Å². The van der Waals surface area contributed by atoms with Crippen molar-refractivity contribution in [1.82, 2.24) is 14.8 Å². The molecule has 0 saturated heterocycles.